The summed E-state index contributed by atoms with van der Waals surface area (Å²) in [5, 5.41) is 5.25. The van der Waals surface area contributed by atoms with Crippen LogP contribution in [0.4, 0.5) is 11.6 Å². The van der Waals surface area contributed by atoms with Gasteiger partial charge in [-0.25, -0.2) is 9.97 Å². The number of fused-ring (bicyclic) bond motifs is 3. The second-order valence-corrected chi connectivity index (χ2v) is 9.24. The number of carbonyl (C=O) groups is 2. The van der Waals surface area contributed by atoms with Crippen LogP contribution in [0.15, 0.2) is 48.5 Å². The number of hydrogen-bond acceptors (Lipinski definition) is 7. The summed E-state index contributed by atoms with van der Waals surface area (Å²) in [6, 6.07) is 16.2. The van der Waals surface area contributed by atoms with Gasteiger partial charge in [0.25, 0.3) is 0 Å². The van der Waals surface area contributed by atoms with Gasteiger partial charge in [-0.1, -0.05) is 24.3 Å². The molecule has 2 N–H and O–H groups in total. The molecule has 1 aliphatic rings. The Morgan fingerprint density at radius 1 is 1.03 bits per heavy atom. The number of amides is 2. The van der Waals surface area contributed by atoms with Gasteiger partial charge in [0.1, 0.15) is 5.82 Å². The van der Waals surface area contributed by atoms with Gasteiger partial charge in [-0.05, 0) is 50.6 Å². The number of hydrogen-bond donors (Lipinski definition) is 2. The molecule has 4 aromatic rings. The molecular formula is C26H30N8O2. The molecule has 0 spiro atoms. The zero-order valence-corrected chi connectivity index (χ0v) is 20.7. The summed E-state index contributed by atoms with van der Waals surface area (Å²) < 4.78 is 1.57. The van der Waals surface area contributed by atoms with Crippen molar-refractivity contribution in [3.63, 3.8) is 0 Å². The molecule has 3 heterocycles. The van der Waals surface area contributed by atoms with Crippen LogP contribution >= 0.6 is 0 Å². The van der Waals surface area contributed by atoms with Crippen LogP contribution in [0.25, 0.3) is 16.6 Å². The summed E-state index contributed by atoms with van der Waals surface area (Å²) in [5.41, 5.74) is 9.29. The molecule has 186 valence electrons. The van der Waals surface area contributed by atoms with E-state index < -0.39 is 0 Å². The van der Waals surface area contributed by atoms with Crippen molar-refractivity contribution in [1.29, 1.82) is 0 Å². The summed E-state index contributed by atoms with van der Waals surface area (Å²) >= 11 is 0. The number of nitrogens with zero attached hydrogens (tertiary/aromatic N) is 6. The second-order valence-electron chi connectivity index (χ2n) is 9.24. The van der Waals surface area contributed by atoms with Crippen molar-refractivity contribution in [1.82, 2.24) is 29.9 Å². The normalized spacial score (nSPS) is 15.9. The topological polar surface area (TPSA) is 108 Å². The highest BCUT2D eigenvalue weighted by Crippen LogP contribution is 2.22. The zero-order valence-electron chi connectivity index (χ0n) is 20.7. The number of rotatable bonds is 6. The first-order valence-electron chi connectivity index (χ1n) is 12.2. The predicted molar refractivity (Wildman–Crippen MR) is 139 cm³/mol. The molecule has 2 aromatic heterocycles. The van der Waals surface area contributed by atoms with Crippen molar-refractivity contribution in [2.75, 3.05) is 30.0 Å². The van der Waals surface area contributed by atoms with Gasteiger partial charge in [0.2, 0.25) is 17.8 Å². The van der Waals surface area contributed by atoms with Crippen molar-refractivity contribution in [2.24, 2.45) is 0 Å². The second kappa shape index (κ2) is 9.80. The van der Waals surface area contributed by atoms with Crippen molar-refractivity contribution in [3.8, 4) is 0 Å². The van der Waals surface area contributed by atoms with E-state index >= 15 is 0 Å². The van der Waals surface area contributed by atoms with Gasteiger partial charge in [-0.2, -0.15) is 4.52 Å². The van der Waals surface area contributed by atoms with Crippen molar-refractivity contribution in [2.45, 2.75) is 39.7 Å². The van der Waals surface area contributed by atoms with E-state index in [1.54, 1.807) is 11.4 Å². The average molecular weight is 487 g/mol. The van der Waals surface area contributed by atoms with Crippen LogP contribution in [0.3, 0.4) is 0 Å². The third-order valence-corrected chi connectivity index (χ3v) is 6.48. The molecule has 0 radical (unpaired) electrons. The van der Waals surface area contributed by atoms with Crippen molar-refractivity contribution in [3.05, 3.63) is 59.9 Å². The lowest BCUT2D eigenvalue weighted by atomic mass is 10.1. The Balaban J connectivity index is 1.16. The number of benzene rings is 2. The minimum absolute atomic E-state index is 0.0148. The first-order valence-corrected chi connectivity index (χ1v) is 12.2. The third-order valence-electron chi connectivity index (χ3n) is 6.48. The molecule has 2 amide bonds. The fourth-order valence-corrected chi connectivity index (χ4v) is 4.68. The number of piperazine rings is 1. The standard InChI is InChI=1S/C26H30N8O2/c1-17-7-6-8-20(15-17)33-14-13-32(16-18(33)2)24(36)12-11-23(35)29-30-26-28-22-10-5-4-9-21(22)25-27-19(3)31-34(25)26/h4-10,15,18H,11-14,16H2,1-3H3,(H,28,30)(H,29,35)/t18-/m1/s1. The van der Waals surface area contributed by atoms with Crippen molar-refractivity contribution < 1.29 is 9.59 Å². The van der Waals surface area contributed by atoms with Crippen LogP contribution in [-0.2, 0) is 9.59 Å². The Kier molecular flexibility index (Phi) is 6.41. The Morgan fingerprint density at radius 2 is 1.86 bits per heavy atom. The molecule has 0 aliphatic carbocycles. The maximum absolute atomic E-state index is 12.8. The minimum Gasteiger partial charge on any atom is -0.365 e. The molecule has 0 bridgehead atoms. The van der Waals surface area contributed by atoms with E-state index in [0.717, 1.165) is 17.4 Å². The molecule has 0 saturated carbocycles. The summed E-state index contributed by atoms with van der Waals surface area (Å²) in [5.74, 6) is 0.642. The predicted octanol–water partition coefficient (Wildman–Crippen LogP) is 2.85. The van der Waals surface area contributed by atoms with E-state index in [1.807, 2.05) is 29.2 Å². The first kappa shape index (κ1) is 23.5. The van der Waals surface area contributed by atoms with Gasteiger partial charge in [0.05, 0.1) is 5.52 Å². The molecule has 1 atom stereocenters. The van der Waals surface area contributed by atoms with Gasteiger partial charge in [0.15, 0.2) is 5.65 Å². The monoisotopic (exact) mass is 486 g/mol. The molecule has 36 heavy (non-hydrogen) atoms. The lowest BCUT2D eigenvalue weighted by Gasteiger charge is -2.41. The van der Waals surface area contributed by atoms with Gasteiger partial charge >= 0.3 is 0 Å². The molecule has 1 saturated heterocycles. The molecule has 10 heteroatoms. The van der Waals surface area contributed by atoms with Gasteiger partial charge < -0.3 is 9.80 Å². The van der Waals surface area contributed by atoms with Gasteiger partial charge in [-0.15, -0.1) is 5.10 Å². The molecule has 0 unspecified atom stereocenters. The van der Waals surface area contributed by atoms with E-state index in [9.17, 15) is 9.59 Å². The van der Waals surface area contributed by atoms with E-state index in [-0.39, 0.29) is 30.7 Å². The lowest BCUT2D eigenvalue weighted by Crippen LogP contribution is -2.53. The Bertz CT molecular complexity index is 1430. The number of carbonyl (C=O) groups excluding carboxylic acids is 2. The molecule has 1 fully saturated rings. The van der Waals surface area contributed by atoms with E-state index in [2.05, 4.69) is 68.9 Å². The molecule has 2 aromatic carbocycles. The van der Waals surface area contributed by atoms with Crippen LogP contribution in [0.5, 0.6) is 0 Å². The van der Waals surface area contributed by atoms with Crippen LogP contribution in [0.1, 0.15) is 31.2 Å². The maximum atomic E-state index is 12.8. The number of aromatic nitrogens is 4. The summed E-state index contributed by atoms with van der Waals surface area (Å²) in [6.45, 7) is 8.06. The number of hydrazine groups is 1. The summed E-state index contributed by atoms with van der Waals surface area (Å²) in [7, 11) is 0. The van der Waals surface area contributed by atoms with Crippen LogP contribution < -0.4 is 15.8 Å². The minimum atomic E-state index is -0.297. The maximum Gasteiger partial charge on any atom is 0.245 e. The van der Waals surface area contributed by atoms with E-state index in [1.165, 1.54) is 11.3 Å². The fraction of sp³-hybridized carbons (Fsp3) is 0.346. The van der Waals surface area contributed by atoms with Crippen LogP contribution in [-0.4, -0.2) is 62.0 Å². The summed E-state index contributed by atoms with van der Waals surface area (Å²) in [6.07, 6.45) is 0.221. The van der Waals surface area contributed by atoms with Crippen LogP contribution in [0.2, 0.25) is 0 Å². The summed E-state index contributed by atoms with van der Waals surface area (Å²) in [4.78, 5) is 38.6. The Morgan fingerprint density at radius 3 is 2.67 bits per heavy atom. The quantitative estimate of drug-likeness (QED) is 0.404. The molecule has 10 nitrogen and oxygen atoms in total. The van der Waals surface area contributed by atoms with E-state index in [0.29, 0.717) is 30.5 Å². The third kappa shape index (κ3) is 4.79. The molecule has 5 rings (SSSR count). The number of aryl methyl sites for hydroxylation is 2. The largest absolute Gasteiger partial charge is 0.365 e. The fourth-order valence-electron chi connectivity index (χ4n) is 4.68. The van der Waals surface area contributed by atoms with Gasteiger partial charge in [-0.3, -0.25) is 20.4 Å². The zero-order chi connectivity index (χ0) is 25.2. The highest BCUT2D eigenvalue weighted by molar-refractivity contribution is 5.92. The average Bonchev–Trinajstić information content (AvgIpc) is 3.27. The molecular weight excluding hydrogens is 456 g/mol. The van der Waals surface area contributed by atoms with Crippen molar-refractivity contribution >= 4 is 40.0 Å². The number of anilines is 2. The Labute approximate surface area is 209 Å². The van der Waals surface area contributed by atoms with Crippen LogP contribution in [0, 0.1) is 13.8 Å². The highest BCUT2D eigenvalue weighted by Gasteiger charge is 2.27. The number of nitrogens with one attached hydrogen (secondary N) is 2. The first-order chi connectivity index (χ1) is 17.4. The van der Waals surface area contributed by atoms with E-state index in [4.69, 9.17) is 0 Å². The SMILES string of the molecule is Cc1cccc(N2CCN(C(=O)CCC(=O)NNc3nc4ccccc4c4nc(C)nn34)C[C@H]2C)c1. The smallest absolute Gasteiger partial charge is 0.245 e. The van der Waals surface area contributed by atoms with Gasteiger partial charge in [0, 0.05) is 49.6 Å². The molecule has 1 aliphatic heterocycles. The number of para-hydroxylation sites is 1. The lowest BCUT2D eigenvalue weighted by molar-refractivity contribution is -0.134. The Hall–Kier alpha value is -4.21. The highest BCUT2D eigenvalue weighted by atomic mass is 16.2.